The third kappa shape index (κ3) is 27.4. The van der Waals surface area contributed by atoms with Gasteiger partial charge in [-0.3, -0.25) is 4.79 Å². The fraction of sp³-hybridized carbons (Fsp3) is 0.524. The Kier molecular flexibility index (Phi) is 22.7. The van der Waals surface area contributed by atoms with Crippen molar-refractivity contribution in [1.82, 2.24) is 0 Å². The first kappa shape index (κ1) is 30.8. The van der Waals surface area contributed by atoms with Crippen LogP contribution >= 0.6 is 0 Å². The molecule has 0 bridgehead atoms. The molecule has 0 heterocycles. The molecule has 0 unspecified atom stereocenters. The van der Waals surface area contributed by atoms with Gasteiger partial charge in [0.05, 0.1) is 20.1 Å². The zero-order valence-corrected chi connectivity index (χ0v) is 17.7. The maximum absolute atomic E-state index is 10.6. The fourth-order valence-corrected chi connectivity index (χ4v) is 1.55. The largest absolute Gasteiger partial charge is 0.481 e. The van der Waals surface area contributed by atoms with E-state index in [4.69, 9.17) is 14.9 Å². The summed E-state index contributed by atoms with van der Waals surface area (Å²) in [4.78, 5) is 40.5. The first-order valence-corrected chi connectivity index (χ1v) is 9.19. The standard InChI is InChI=1S/C11H20O2.C5H6O4.C5H8O2/c1-3-5-6-7-8-9-10-13-11(12)4-2;1-3(5(8)9)2-4(6)7;1-4(2)5(6)7-3/h4H,2-3,5-10H2,1H3;1-2H2,(H,6,7)(H,8,9);1H2,2-3H3. The number of unbranched alkanes of at least 4 members (excludes halogenated alkanes) is 5. The van der Waals surface area contributed by atoms with E-state index >= 15 is 0 Å². The normalized spacial score (nSPS) is 8.79. The van der Waals surface area contributed by atoms with Gasteiger partial charge >= 0.3 is 23.9 Å². The summed E-state index contributed by atoms with van der Waals surface area (Å²) in [6.45, 7) is 14.0. The van der Waals surface area contributed by atoms with Crippen molar-refractivity contribution < 1.29 is 38.9 Å². The summed E-state index contributed by atoms with van der Waals surface area (Å²) in [7, 11) is 1.33. The first-order chi connectivity index (χ1) is 13.5. The SMILES string of the molecule is C=C(C)C(=O)OC.C=C(CC(=O)O)C(=O)O.C=CC(=O)OCCCCCCCC. The quantitative estimate of drug-likeness (QED) is 0.279. The molecule has 0 spiro atoms. The monoisotopic (exact) mass is 414 g/mol. The van der Waals surface area contributed by atoms with Gasteiger partial charge in [-0.25, -0.2) is 14.4 Å². The Morgan fingerprint density at radius 3 is 1.79 bits per heavy atom. The number of carbonyl (C=O) groups is 4. The van der Waals surface area contributed by atoms with Crippen LogP contribution in [0.2, 0.25) is 0 Å². The molecule has 29 heavy (non-hydrogen) atoms. The van der Waals surface area contributed by atoms with Crippen LogP contribution in [-0.2, 0) is 28.7 Å². The second kappa shape index (κ2) is 21.4. The topological polar surface area (TPSA) is 127 Å². The molecule has 0 radical (unpaired) electrons. The van der Waals surface area contributed by atoms with Crippen molar-refractivity contribution in [2.45, 2.75) is 58.8 Å². The molecule has 0 aliphatic rings. The minimum Gasteiger partial charge on any atom is -0.481 e. The zero-order valence-electron chi connectivity index (χ0n) is 17.7. The van der Waals surface area contributed by atoms with Crippen molar-refractivity contribution >= 4 is 23.9 Å². The smallest absolute Gasteiger partial charge is 0.332 e. The van der Waals surface area contributed by atoms with Crippen molar-refractivity contribution in [1.29, 1.82) is 0 Å². The van der Waals surface area contributed by atoms with Crippen molar-refractivity contribution in [2.75, 3.05) is 13.7 Å². The van der Waals surface area contributed by atoms with Crippen LogP contribution in [0.3, 0.4) is 0 Å². The third-order valence-corrected chi connectivity index (χ3v) is 3.11. The number of hydrogen-bond acceptors (Lipinski definition) is 6. The average molecular weight is 414 g/mol. The Balaban J connectivity index is -0.000000370. The fourth-order valence-electron chi connectivity index (χ4n) is 1.55. The van der Waals surface area contributed by atoms with Gasteiger partial charge in [-0.1, -0.05) is 58.8 Å². The second-order valence-corrected chi connectivity index (χ2v) is 5.89. The third-order valence-electron chi connectivity index (χ3n) is 3.11. The minimum atomic E-state index is -1.27. The number of carboxylic acids is 2. The lowest BCUT2D eigenvalue weighted by atomic mass is 10.1. The predicted molar refractivity (Wildman–Crippen MR) is 110 cm³/mol. The van der Waals surface area contributed by atoms with E-state index in [2.05, 4.69) is 31.4 Å². The highest BCUT2D eigenvalue weighted by Gasteiger charge is 2.07. The van der Waals surface area contributed by atoms with Crippen molar-refractivity contribution in [3.05, 3.63) is 37.0 Å². The molecule has 0 aliphatic carbocycles. The summed E-state index contributed by atoms with van der Waals surface area (Å²) in [5.41, 5.74) is 0.130. The summed E-state index contributed by atoms with van der Waals surface area (Å²) in [6, 6.07) is 0. The van der Waals surface area contributed by atoms with Gasteiger partial charge in [0, 0.05) is 17.2 Å². The predicted octanol–water partition coefficient (Wildman–Crippen LogP) is 3.91. The Morgan fingerprint density at radius 1 is 0.966 bits per heavy atom. The summed E-state index contributed by atoms with van der Waals surface area (Å²) in [5.74, 6) is -3.10. The molecular formula is C21H34O8. The lowest BCUT2D eigenvalue weighted by molar-refractivity contribution is -0.139. The van der Waals surface area contributed by atoms with E-state index in [-0.39, 0.29) is 17.5 Å². The van der Waals surface area contributed by atoms with E-state index in [0.717, 1.165) is 12.8 Å². The zero-order chi connectivity index (χ0) is 23.2. The maximum Gasteiger partial charge on any atom is 0.332 e. The lowest BCUT2D eigenvalue weighted by Gasteiger charge is -2.01. The summed E-state index contributed by atoms with van der Waals surface area (Å²) >= 11 is 0. The number of hydrogen-bond donors (Lipinski definition) is 2. The summed E-state index contributed by atoms with van der Waals surface area (Å²) < 4.78 is 9.11. The van der Waals surface area contributed by atoms with E-state index in [9.17, 15) is 19.2 Å². The Hall–Kier alpha value is -2.90. The van der Waals surface area contributed by atoms with Crippen LogP contribution in [0.1, 0.15) is 58.8 Å². The van der Waals surface area contributed by atoms with Crippen molar-refractivity contribution in [3.63, 3.8) is 0 Å². The number of esters is 2. The lowest BCUT2D eigenvalue weighted by Crippen LogP contribution is -2.04. The highest BCUT2D eigenvalue weighted by Crippen LogP contribution is 2.04. The Morgan fingerprint density at radius 2 is 1.48 bits per heavy atom. The summed E-state index contributed by atoms with van der Waals surface area (Å²) in [6.07, 6.45) is 7.96. The van der Waals surface area contributed by atoms with Crippen molar-refractivity contribution in [2.24, 2.45) is 0 Å². The Bertz CT molecular complexity index is 549. The molecule has 0 aromatic carbocycles. The molecule has 8 nitrogen and oxygen atoms in total. The molecule has 0 saturated heterocycles. The van der Waals surface area contributed by atoms with E-state index in [1.807, 2.05) is 0 Å². The van der Waals surface area contributed by atoms with Gasteiger partial charge in [0.1, 0.15) is 0 Å². The van der Waals surface area contributed by atoms with Crippen LogP contribution in [0.4, 0.5) is 0 Å². The highest BCUT2D eigenvalue weighted by atomic mass is 16.5. The van der Waals surface area contributed by atoms with Gasteiger partial charge in [0.25, 0.3) is 0 Å². The molecule has 2 N–H and O–H groups in total. The van der Waals surface area contributed by atoms with Crippen molar-refractivity contribution in [3.8, 4) is 0 Å². The van der Waals surface area contributed by atoms with Crippen LogP contribution in [0.25, 0.3) is 0 Å². The molecule has 166 valence electrons. The molecule has 0 aromatic rings. The molecule has 0 saturated carbocycles. The molecular weight excluding hydrogens is 380 g/mol. The minimum absolute atomic E-state index is 0.303. The van der Waals surface area contributed by atoms with Gasteiger partial charge in [0.2, 0.25) is 0 Å². The van der Waals surface area contributed by atoms with Gasteiger partial charge in [0.15, 0.2) is 0 Å². The van der Waals surface area contributed by atoms with Crippen LogP contribution in [0, 0.1) is 0 Å². The molecule has 8 heteroatoms. The number of carboxylic acid groups (broad SMARTS) is 2. The molecule has 0 atom stereocenters. The molecule has 0 amide bonds. The number of methoxy groups -OCH3 is 1. The van der Waals surface area contributed by atoms with Crippen LogP contribution < -0.4 is 0 Å². The van der Waals surface area contributed by atoms with Gasteiger partial charge < -0.3 is 19.7 Å². The van der Waals surface area contributed by atoms with Gasteiger partial charge in [-0.15, -0.1) is 0 Å². The molecule has 0 rings (SSSR count). The molecule has 0 fully saturated rings. The van der Waals surface area contributed by atoms with Crippen LogP contribution in [0.15, 0.2) is 37.0 Å². The molecule has 0 aromatic heterocycles. The second-order valence-electron chi connectivity index (χ2n) is 5.89. The molecule has 0 aliphatic heterocycles. The van der Waals surface area contributed by atoms with E-state index in [1.165, 1.54) is 38.9 Å². The van der Waals surface area contributed by atoms with Crippen LogP contribution in [-0.4, -0.2) is 47.8 Å². The highest BCUT2D eigenvalue weighted by molar-refractivity contribution is 5.91. The summed E-state index contributed by atoms with van der Waals surface area (Å²) in [5, 5.41) is 16.1. The first-order valence-electron chi connectivity index (χ1n) is 9.19. The number of rotatable bonds is 12. The Labute approximate surface area is 172 Å². The number of aliphatic carboxylic acids is 2. The van der Waals surface area contributed by atoms with Gasteiger partial charge in [-0.2, -0.15) is 0 Å². The van der Waals surface area contributed by atoms with E-state index in [1.54, 1.807) is 6.92 Å². The van der Waals surface area contributed by atoms with Crippen LogP contribution in [0.5, 0.6) is 0 Å². The van der Waals surface area contributed by atoms with E-state index < -0.39 is 18.4 Å². The average Bonchev–Trinajstić information content (AvgIpc) is 2.66. The van der Waals surface area contributed by atoms with Gasteiger partial charge in [-0.05, 0) is 13.3 Å². The van der Waals surface area contributed by atoms with E-state index in [0.29, 0.717) is 12.2 Å². The number of ether oxygens (including phenoxy) is 2. The maximum atomic E-state index is 10.6. The number of carbonyl (C=O) groups excluding carboxylic acids is 2.